The van der Waals surface area contributed by atoms with E-state index in [2.05, 4.69) is 46.8 Å². The van der Waals surface area contributed by atoms with Crippen LogP contribution < -0.4 is 4.89 Å². The van der Waals surface area contributed by atoms with Crippen LogP contribution in [0.2, 0.25) is 0 Å². The first kappa shape index (κ1) is 32.4. The minimum absolute atomic E-state index is 0.136. The minimum atomic E-state index is -3.53. The maximum absolute atomic E-state index is 11.1. The molecule has 0 saturated carbocycles. The van der Waals surface area contributed by atoms with Gasteiger partial charge in [0.15, 0.2) is 36.2 Å². The van der Waals surface area contributed by atoms with Crippen LogP contribution in [0.1, 0.15) is 20.7 Å². The van der Waals surface area contributed by atoms with Crippen LogP contribution in [-0.2, 0) is 13.4 Å². The lowest BCUT2D eigenvalue weighted by atomic mass is 10.2. The molecule has 0 amide bonds. The molecule has 0 bridgehead atoms. The van der Waals surface area contributed by atoms with E-state index in [4.69, 9.17) is 19.9 Å². The van der Waals surface area contributed by atoms with Crippen molar-refractivity contribution in [3.63, 3.8) is 0 Å². The molecule has 10 nitrogen and oxygen atoms in total. The number of benzene rings is 2. The third-order valence-electron chi connectivity index (χ3n) is 5.40. The highest BCUT2D eigenvalue weighted by Gasteiger charge is 2.11. The highest BCUT2D eigenvalue weighted by Crippen LogP contribution is 2.26. The molecule has 43 heavy (non-hydrogen) atoms. The van der Waals surface area contributed by atoms with Crippen molar-refractivity contribution in [2.24, 2.45) is 0 Å². The molecule has 0 atom stereocenters. The Morgan fingerprint density at radius 1 is 0.860 bits per heavy atom. The van der Waals surface area contributed by atoms with Gasteiger partial charge in [0, 0.05) is 66.3 Å². The number of pyridine rings is 2. The number of nitrogens with zero attached hydrogens (tertiary/aromatic N) is 3. The van der Waals surface area contributed by atoms with Crippen LogP contribution in [0.15, 0.2) is 111 Å². The first-order chi connectivity index (χ1) is 20.7. The van der Waals surface area contributed by atoms with E-state index in [9.17, 15) is 18.0 Å². The van der Waals surface area contributed by atoms with Crippen LogP contribution in [0.4, 0.5) is 0 Å². The van der Waals surface area contributed by atoms with E-state index >= 15 is 0 Å². The summed E-state index contributed by atoms with van der Waals surface area (Å²) in [5.74, 6) is 0.591. The average Bonchev–Trinajstić information content (AvgIpc) is 3.58. The van der Waals surface area contributed by atoms with Gasteiger partial charge in [-0.25, -0.2) is 22.4 Å². The summed E-state index contributed by atoms with van der Waals surface area (Å²) in [6.07, 6.45) is 8.24. The molecule has 4 aromatic heterocycles. The SMILES string of the molecule is O=Cc1c[nH]c2ncc(Br)cc12.O=Cc1cn(SOOc2ccccc2)c2ncc(Br)cc12.O=S(=O)(Cl)c1ccccc1. The second kappa shape index (κ2) is 15.3. The highest BCUT2D eigenvalue weighted by atomic mass is 79.9. The first-order valence-electron chi connectivity index (χ1n) is 12.0. The fraction of sp³-hybridized carbons (Fsp3) is 0. The second-order valence-electron chi connectivity index (χ2n) is 8.25. The van der Waals surface area contributed by atoms with Gasteiger partial charge in [0.2, 0.25) is 0 Å². The van der Waals surface area contributed by atoms with Crippen LogP contribution in [0.3, 0.4) is 0 Å². The number of para-hydroxylation sites is 1. The number of halogens is 3. The predicted octanol–water partition coefficient (Wildman–Crippen LogP) is 7.79. The number of rotatable bonds is 7. The summed E-state index contributed by atoms with van der Waals surface area (Å²) in [4.78, 5) is 38.2. The van der Waals surface area contributed by atoms with Gasteiger partial charge in [-0.05, 0) is 68.3 Å². The van der Waals surface area contributed by atoms with Crippen LogP contribution in [-0.4, -0.2) is 39.9 Å². The number of aromatic nitrogens is 4. The van der Waals surface area contributed by atoms with E-state index in [1.54, 1.807) is 59.1 Å². The summed E-state index contributed by atoms with van der Waals surface area (Å²) in [5.41, 5.74) is 2.54. The normalized spacial score (nSPS) is 10.8. The molecular weight excluding hydrogens is 748 g/mol. The van der Waals surface area contributed by atoms with Crippen molar-refractivity contribution < 1.29 is 27.2 Å². The maximum Gasteiger partial charge on any atom is 0.261 e. The number of carbonyl (C=O) groups is 2. The van der Waals surface area contributed by atoms with E-state index < -0.39 is 9.05 Å². The number of hydrogen-bond acceptors (Lipinski definition) is 9. The molecule has 6 aromatic rings. The maximum atomic E-state index is 11.1. The lowest BCUT2D eigenvalue weighted by Crippen LogP contribution is -1.94. The van der Waals surface area contributed by atoms with Gasteiger partial charge in [0.25, 0.3) is 9.05 Å². The van der Waals surface area contributed by atoms with Crippen molar-refractivity contribution in [2.75, 3.05) is 0 Å². The molecule has 0 aliphatic heterocycles. The molecule has 1 N–H and O–H groups in total. The molecule has 6 rings (SSSR count). The molecule has 0 fully saturated rings. The Bertz CT molecular complexity index is 1960. The van der Waals surface area contributed by atoms with Crippen molar-refractivity contribution >= 4 is 98.5 Å². The Hall–Kier alpha value is -3.53. The third-order valence-corrected chi connectivity index (χ3v) is 8.21. The largest absolute Gasteiger partial charge is 0.345 e. The molecule has 15 heteroatoms. The molecule has 4 heterocycles. The smallest absolute Gasteiger partial charge is 0.261 e. The van der Waals surface area contributed by atoms with Gasteiger partial charge in [0.05, 0.1) is 4.90 Å². The lowest BCUT2D eigenvalue weighted by molar-refractivity contribution is -0.0785. The van der Waals surface area contributed by atoms with Crippen LogP contribution in [0.25, 0.3) is 22.1 Å². The monoisotopic (exact) mass is 764 g/mol. The Kier molecular flexibility index (Phi) is 11.5. The Morgan fingerprint density at radius 3 is 2.07 bits per heavy atom. The average molecular weight is 767 g/mol. The Morgan fingerprint density at radius 2 is 1.47 bits per heavy atom. The van der Waals surface area contributed by atoms with Crippen LogP contribution >= 0.6 is 54.8 Å². The molecule has 0 spiro atoms. The molecule has 0 aliphatic rings. The van der Waals surface area contributed by atoms with Crippen molar-refractivity contribution in [1.82, 2.24) is 18.9 Å². The standard InChI is InChI=1S/C14H9BrN2O3S.C8H5BrN2O.C6H5ClO2S/c15-11-6-13-10(9-18)8-17(14(13)16-7-11)21-20-19-12-4-2-1-3-5-12;9-6-1-7-5(4-12)2-10-8(7)11-3-6;7-10(8,9)6-4-2-1-3-5-6/h1-9H;1-4H,(H,10,11);1-5H. The highest BCUT2D eigenvalue weighted by molar-refractivity contribution is 9.10. The van der Waals surface area contributed by atoms with Gasteiger partial charge in [-0.3, -0.25) is 9.59 Å². The zero-order chi connectivity index (χ0) is 30.8. The zero-order valence-corrected chi connectivity index (χ0v) is 27.2. The van der Waals surface area contributed by atoms with Crippen molar-refractivity contribution in [1.29, 1.82) is 0 Å². The number of aromatic amines is 1. The summed E-state index contributed by atoms with van der Waals surface area (Å²) < 4.78 is 29.6. The number of aldehydes is 2. The number of nitrogens with one attached hydrogen (secondary N) is 1. The van der Waals surface area contributed by atoms with Gasteiger partial charge in [0.1, 0.15) is 5.65 Å². The first-order valence-corrected chi connectivity index (χ1v) is 16.5. The summed E-state index contributed by atoms with van der Waals surface area (Å²) >= 11 is 7.57. The van der Waals surface area contributed by atoms with E-state index in [0.29, 0.717) is 22.5 Å². The zero-order valence-electron chi connectivity index (χ0n) is 21.6. The molecule has 0 unspecified atom stereocenters. The van der Waals surface area contributed by atoms with Gasteiger partial charge in [-0.1, -0.05) is 40.7 Å². The third kappa shape index (κ3) is 8.98. The van der Waals surface area contributed by atoms with E-state index in [1.165, 1.54) is 12.1 Å². The molecule has 2 aromatic carbocycles. The number of carbonyl (C=O) groups excluding carboxylic acids is 2. The topological polar surface area (TPSA) is 133 Å². The lowest BCUT2D eigenvalue weighted by Gasteiger charge is -2.04. The predicted molar refractivity (Wildman–Crippen MR) is 173 cm³/mol. The number of H-pyrrole nitrogens is 1. The summed E-state index contributed by atoms with van der Waals surface area (Å²) in [6, 6.07) is 20.7. The van der Waals surface area contributed by atoms with Gasteiger partial charge in [-0.15, -0.1) is 0 Å². The van der Waals surface area contributed by atoms with Gasteiger partial charge < -0.3 is 9.87 Å². The molecule has 220 valence electrons. The minimum Gasteiger partial charge on any atom is -0.345 e. The van der Waals surface area contributed by atoms with E-state index in [0.717, 1.165) is 50.2 Å². The quantitative estimate of drug-likeness (QED) is 0.0569. The van der Waals surface area contributed by atoms with E-state index in [1.807, 2.05) is 30.3 Å². The van der Waals surface area contributed by atoms with Crippen LogP contribution in [0.5, 0.6) is 5.75 Å². The Balaban J connectivity index is 0.000000163. The molecular formula is C28H19Br2ClN4O6S2. The van der Waals surface area contributed by atoms with E-state index in [-0.39, 0.29) is 4.90 Å². The summed E-state index contributed by atoms with van der Waals surface area (Å²) in [5, 5.41) is 1.59. The van der Waals surface area contributed by atoms with Gasteiger partial charge >= 0.3 is 0 Å². The number of fused-ring (bicyclic) bond motifs is 2. The van der Waals surface area contributed by atoms with Crippen LogP contribution in [0, 0.1) is 0 Å². The van der Waals surface area contributed by atoms with Crippen molar-refractivity contribution in [2.45, 2.75) is 4.90 Å². The van der Waals surface area contributed by atoms with Gasteiger partial charge in [-0.2, -0.15) is 0 Å². The fourth-order valence-corrected chi connectivity index (χ4v) is 5.47. The summed E-state index contributed by atoms with van der Waals surface area (Å²) in [6.45, 7) is 0. The van der Waals surface area contributed by atoms with Crippen molar-refractivity contribution in [3.05, 3.63) is 118 Å². The summed E-state index contributed by atoms with van der Waals surface area (Å²) in [7, 11) is 1.50. The van der Waals surface area contributed by atoms with Crippen molar-refractivity contribution in [3.8, 4) is 5.75 Å². The Labute approximate surface area is 271 Å². The molecule has 0 saturated heterocycles. The molecule has 0 aliphatic carbocycles. The fourth-order valence-electron chi connectivity index (χ4n) is 3.47. The molecule has 0 radical (unpaired) electrons. The number of hydrogen-bond donors (Lipinski definition) is 1. The second-order valence-corrected chi connectivity index (χ2v) is 13.3.